The van der Waals surface area contributed by atoms with Gasteiger partial charge in [0, 0.05) is 71.0 Å². The van der Waals surface area contributed by atoms with Crippen molar-refractivity contribution in [1.29, 1.82) is 0 Å². The molecule has 1 saturated heterocycles. The minimum Gasteiger partial charge on any atom is -0.352 e. The molecule has 3 amide bonds. The van der Waals surface area contributed by atoms with E-state index in [-0.39, 0.29) is 17.7 Å². The van der Waals surface area contributed by atoms with Crippen LogP contribution in [0.15, 0.2) is 36.4 Å². The predicted octanol–water partition coefficient (Wildman–Crippen LogP) is 2.65. The third-order valence-corrected chi connectivity index (χ3v) is 7.50. The molecule has 0 radical (unpaired) electrons. The highest BCUT2D eigenvalue weighted by molar-refractivity contribution is 6.08. The van der Waals surface area contributed by atoms with Crippen LogP contribution < -0.4 is 10.6 Å². The Morgan fingerprint density at radius 2 is 1.69 bits per heavy atom. The summed E-state index contributed by atoms with van der Waals surface area (Å²) < 4.78 is 1.97. The first kappa shape index (κ1) is 26.8. The quantitative estimate of drug-likeness (QED) is 0.539. The van der Waals surface area contributed by atoms with Gasteiger partial charge < -0.3 is 19.7 Å². The molecule has 1 aromatic heterocycles. The second kappa shape index (κ2) is 11.5. The van der Waals surface area contributed by atoms with Crippen LogP contribution in [0.1, 0.15) is 55.9 Å². The lowest BCUT2D eigenvalue weighted by atomic mass is 10.1. The van der Waals surface area contributed by atoms with Crippen molar-refractivity contribution >= 4 is 34.7 Å². The molecule has 206 valence electrons. The first-order valence-electron chi connectivity index (χ1n) is 13.7. The van der Waals surface area contributed by atoms with Crippen molar-refractivity contribution in [1.82, 2.24) is 29.6 Å². The SMILES string of the molecule is CN1CCN(Cc2cc(C(=O)N(C)C)c3c(c2)nc2n3CCCCCNC(=O)c3cccc(c3)C(=O)N2)CC1. The summed E-state index contributed by atoms with van der Waals surface area (Å²) in [5.41, 5.74) is 3.87. The number of piperazine rings is 1. The van der Waals surface area contributed by atoms with Gasteiger partial charge in [-0.05, 0) is 62.2 Å². The number of carbonyl (C=O) groups excluding carboxylic acids is 3. The summed E-state index contributed by atoms with van der Waals surface area (Å²) in [5.74, 6) is -0.222. The average Bonchev–Trinajstić information content (AvgIpc) is 3.26. The first-order valence-corrected chi connectivity index (χ1v) is 13.7. The molecule has 39 heavy (non-hydrogen) atoms. The highest BCUT2D eigenvalue weighted by Crippen LogP contribution is 2.28. The molecule has 2 N–H and O–H groups in total. The number of aryl methyl sites for hydroxylation is 1. The maximum Gasteiger partial charge on any atom is 0.257 e. The van der Waals surface area contributed by atoms with Gasteiger partial charge in [-0.2, -0.15) is 0 Å². The van der Waals surface area contributed by atoms with Crippen molar-refractivity contribution in [3.05, 3.63) is 58.7 Å². The standard InChI is InChI=1S/C29H37N7O3/c1-33(2)28(39)23-16-20(19-35-14-12-34(3)13-15-35)17-24-25(23)36-11-6-4-5-10-30-26(37)21-8-7-9-22(18-21)27(38)32-29(36)31-24/h7-9,16-18H,4-6,10-15,19H2,1-3H3,(H,30,37)(H,31,32,38). The number of hydrogen-bond acceptors (Lipinski definition) is 6. The van der Waals surface area contributed by atoms with E-state index in [1.165, 1.54) is 0 Å². The molecule has 10 nitrogen and oxygen atoms in total. The summed E-state index contributed by atoms with van der Waals surface area (Å²) in [6, 6.07) is 10.7. The Balaban J connectivity index is 1.57. The zero-order valence-corrected chi connectivity index (χ0v) is 23.0. The molecule has 2 bridgehead atoms. The van der Waals surface area contributed by atoms with E-state index in [0.29, 0.717) is 41.2 Å². The van der Waals surface area contributed by atoms with Crippen LogP contribution in [0, 0.1) is 0 Å². The van der Waals surface area contributed by atoms with Gasteiger partial charge in [-0.15, -0.1) is 0 Å². The highest BCUT2D eigenvalue weighted by atomic mass is 16.2. The predicted molar refractivity (Wildman–Crippen MR) is 151 cm³/mol. The second-order valence-electron chi connectivity index (χ2n) is 10.7. The zero-order valence-electron chi connectivity index (χ0n) is 23.0. The third-order valence-electron chi connectivity index (χ3n) is 7.50. The Morgan fingerprint density at radius 1 is 0.949 bits per heavy atom. The molecule has 0 spiro atoms. The van der Waals surface area contributed by atoms with Crippen LogP contribution in [0.25, 0.3) is 11.0 Å². The Kier molecular flexibility index (Phi) is 7.94. The van der Waals surface area contributed by atoms with E-state index in [0.717, 1.165) is 63.1 Å². The van der Waals surface area contributed by atoms with E-state index in [1.54, 1.807) is 43.3 Å². The molecule has 0 aliphatic carbocycles. The molecule has 3 heterocycles. The fourth-order valence-electron chi connectivity index (χ4n) is 5.25. The number of imidazole rings is 1. The second-order valence-corrected chi connectivity index (χ2v) is 10.7. The van der Waals surface area contributed by atoms with Gasteiger partial charge in [-0.3, -0.25) is 24.6 Å². The van der Waals surface area contributed by atoms with Gasteiger partial charge in [0.25, 0.3) is 17.7 Å². The number of rotatable bonds is 3. The molecule has 5 rings (SSSR count). The van der Waals surface area contributed by atoms with Crippen LogP contribution in [-0.2, 0) is 13.1 Å². The Morgan fingerprint density at radius 3 is 2.44 bits per heavy atom. The van der Waals surface area contributed by atoms with Crippen LogP contribution in [0.3, 0.4) is 0 Å². The fourth-order valence-corrected chi connectivity index (χ4v) is 5.25. The van der Waals surface area contributed by atoms with Gasteiger partial charge in [0.15, 0.2) is 0 Å². The summed E-state index contributed by atoms with van der Waals surface area (Å²) in [4.78, 5) is 50.4. The van der Waals surface area contributed by atoms with Crippen LogP contribution in [0.5, 0.6) is 0 Å². The van der Waals surface area contributed by atoms with Crippen LogP contribution >= 0.6 is 0 Å². The smallest absolute Gasteiger partial charge is 0.257 e. The van der Waals surface area contributed by atoms with Gasteiger partial charge >= 0.3 is 0 Å². The number of aromatic nitrogens is 2. The summed E-state index contributed by atoms with van der Waals surface area (Å²) in [5, 5.41) is 5.90. The minimum absolute atomic E-state index is 0.0935. The van der Waals surface area contributed by atoms with Gasteiger partial charge in [-0.1, -0.05) is 6.07 Å². The Bertz CT molecular complexity index is 1390. The largest absolute Gasteiger partial charge is 0.352 e. The van der Waals surface area contributed by atoms with Crippen molar-refractivity contribution in [2.24, 2.45) is 0 Å². The lowest BCUT2D eigenvalue weighted by molar-refractivity contribution is 0.0828. The van der Waals surface area contributed by atoms with Crippen molar-refractivity contribution in [3.8, 4) is 0 Å². The van der Waals surface area contributed by atoms with Crippen LogP contribution in [0.2, 0.25) is 0 Å². The molecular weight excluding hydrogens is 494 g/mol. The maximum atomic E-state index is 13.4. The number of nitrogens with one attached hydrogen (secondary N) is 2. The molecular formula is C29H37N7O3. The van der Waals surface area contributed by atoms with E-state index in [4.69, 9.17) is 4.98 Å². The van der Waals surface area contributed by atoms with E-state index in [9.17, 15) is 14.4 Å². The van der Waals surface area contributed by atoms with Crippen molar-refractivity contribution in [3.63, 3.8) is 0 Å². The minimum atomic E-state index is -0.351. The molecule has 2 aliphatic heterocycles. The van der Waals surface area contributed by atoms with Gasteiger partial charge in [0.1, 0.15) is 0 Å². The van der Waals surface area contributed by atoms with E-state index in [1.807, 2.05) is 16.7 Å². The number of hydrogen-bond donors (Lipinski definition) is 2. The van der Waals surface area contributed by atoms with Crippen LogP contribution in [-0.4, -0.2) is 95.8 Å². The lowest BCUT2D eigenvalue weighted by Crippen LogP contribution is -2.43. The van der Waals surface area contributed by atoms with Crippen molar-refractivity contribution in [2.75, 3.05) is 59.2 Å². The number of fused-ring (bicyclic) bond motifs is 5. The molecule has 10 heteroatoms. The lowest BCUT2D eigenvalue weighted by Gasteiger charge is -2.32. The summed E-state index contributed by atoms with van der Waals surface area (Å²) in [7, 11) is 5.64. The van der Waals surface area contributed by atoms with Crippen molar-refractivity contribution < 1.29 is 14.4 Å². The maximum absolute atomic E-state index is 13.4. The Hall–Kier alpha value is -3.76. The number of anilines is 1. The van der Waals surface area contributed by atoms with E-state index in [2.05, 4.69) is 27.5 Å². The normalized spacial score (nSPS) is 17.7. The molecule has 3 aromatic rings. The number of benzene rings is 2. The third kappa shape index (κ3) is 5.97. The monoisotopic (exact) mass is 531 g/mol. The number of amides is 3. The molecule has 2 aromatic carbocycles. The summed E-state index contributed by atoms with van der Waals surface area (Å²) in [6.07, 6.45) is 2.53. The summed E-state index contributed by atoms with van der Waals surface area (Å²) >= 11 is 0. The summed E-state index contributed by atoms with van der Waals surface area (Å²) in [6.45, 7) is 5.85. The Labute approximate surface area is 229 Å². The van der Waals surface area contributed by atoms with Crippen molar-refractivity contribution in [2.45, 2.75) is 32.4 Å². The zero-order chi connectivity index (χ0) is 27.5. The topological polar surface area (TPSA) is 103 Å². The first-order chi connectivity index (χ1) is 18.8. The van der Waals surface area contributed by atoms with E-state index < -0.39 is 0 Å². The molecule has 0 saturated carbocycles. The van der Waals surface area contributed by atoms with E-state index >= 15 is 0 Å². The molecule has 2 aliphatic rings. The molecule has 0 atom stereocenters. The number of nitrogens with zero attached hydrogens (tertiary/aromatic N) is 5. The average molecular weight is 532 g/mol. The molecule has 0 unspecified atom stereocenters. The fraction of sp³-hybridized carbons (Fsp3) is 0.448. The number of likely N-dealkylation sites (N-methyl/N-ethyl adjacent to an activating group) is 1. The molecule has 1 fully saturated rings. The van der Waals surface area contributed by atoms with Gasteiger partial charge in [0.2, 0.25) is 5.95 Å². The van der Waals surface area contributed by atoms with Crippen LogP contribution in [0.4, 0.5) is 5.95 Å². The highest BCUT2D eigenvalue weighted by Gasteiger charge is 2.24. The van der Waals surface area contributed by atoms with Gasteiger partial charge in [0.05, 0.1) is 16.6 Å². The van der Waals surface area contributed by atoms with Gasteiger partial charge in [-0.25, -0.2) is 4.98 Å². The number of carbonyl (C=O) groups is 3.